The van der Waals surface area contributed by atoms with Crippen LogP contribution in [-0.4, -0.2) is 30.4 Å². The van der Waals surface area contributed by atoms with E-state index >= 15 is 0 Å². The lowest BCUT2D eigenvalue weighted by Gasteiger charge is -2.17. The second-order valence-electron chi connectivity index (χ2n) is 8.15. The van der Waals surface area contributed by atoms with Crippen LogP contribution in [-0.2, 0) is 5.41 Å². The number of rotatable bonds is 4. The predicted octanol–water partition coefficient (Wildman–Crippen LogP) is 5.38. The van der Waals surface area contributed by atoms with E-state index in [4.69, 9.17) is 11.6 Å². The van der Waals surface area contributed by atoms with Crippen LogP contribution in [0, 0.1) is 0 Å². The quantitative estimate of drug-likeness (QED) is 0.406. The highest BCUT2D eigenvalue weighted by atomic mass is 35.5. The molecule has 2 aromatic carbocycles. The maximum Gasteiger partial charge on any atom is 0.337 e. The number of benzene rings is 2. The van der Waals surface area contributed by atoms with E-state index in [9.17, 15) is 9.90 Å². The molecular formula is C25H17ClN4O2. The molecule has 1 saturated carbocycles. The molecule has 32 heavy (non-hydrogen) atoms. The van der Waals surface area contributed by atoms with Crippen molar-refractivity contribution in [2.45, 2.75) is 18.3 Å². The van der Waals surface area contributed by atoms with Crippen molar-refractivity contribution in [3.8, 4) is 11.1 Å². The van der Waals surface area contributed by atoms with Crippen LogP contribution in [0.25, 0.3) is 27.8 Å². The summed E-state index contributed by atoms with van der Waals surface area (Å²) in [7, 11) is 0. The van der Waals surface area contributed by atoms with E-state index in [1.807, 2.05) is 29.1 Å². The average Bonchev–Trinajstić information content (AvgIpc) is 3.50. The predicted molar refractivity (Wildman–Crippen MR) is 122 cm³/mol. The zero-order valence-corrected chi connectivity index (χ0v) is 17.6. The molecule has 5 aromatic rings. The Morgan fingerprint density at radius 2 is 1.84 bits per heavy atom. The zero-order chi connectivity index (χ0) is 21.9. The number of carboxylic acid groups (broad SMARTS) is 1. The van der Waals surface area contributed by atoms with Crippen LogP contribution in [0.15, 0.2) is 73.3 Å². The Morgan fingerprint density at radius 3 is 2.62 bits per heavy atom. The highest BCUT2D eigenvalue weighted by molar-refractivity contribution is 6.33. The molecule has 0 unspecified atom stereocenters. The molecule has 0 aliphatic heterocycles. The van der Waals surface area contributed by atoms with Gasteiger partial charge in [0, 0.05) is 35.0 Å². The van der Waals surface area contributed by atoms with Crippen molar-refractivity contribution in [2.24, 2.45) is 0 Å². The number of hydrogen-bond donors (Lipinski definition) is 1. The maximum absolute atomic E-state index is 11.3. The number of fused-ring (bicyclic) bond motifs is 2. The van der Waals surface area contributed by atoms with E-state index in [1.165, 1.54) is 11.6 Å². The summed E-state index contributed by atoms with van der Waals surface area (Å²) in [4.78, 5) is 24.8. The van der Waals surface area contributed by atoms with Gasteiger partial charge in [-0.25, -0.2) is 14.8 Å². The monoisotopic (exact) mass is 440 g/mol. The minimum Gasteiger partial charge on any atom is -0.478 e. The van der Waals surface area contributed by atoms with Crippen LogP contribution in [0.4, 0.5) is 0 Å². The molecule has 0 atom stereocenters. The summed E-state index contributed by atoms with van der Waals surface area (Å²) in [6, 6.07) is 15.4. The Hall–Kier alpha value is -3.77. The lowest BCUT2D eigenvalue weighted by molar-refractivity contribution is 0.0697. The number of carboxylic acids is 1. The van der Waals surface area contributed by atoms with Gasteiger partial charge in [0.25, 0.3) is 0 Å². The van der Waals surface area contributed by atoms with Crippen LogP contribution >= 0.6 is 11.6 Å². The van der Waals surface area contributed by atoms with Crippen molar-refractivity contribution in [3.05, 3.63) is 95.2 Å². The Morgan fingerprint density at radius 1 is 1.00 bits per heavy atom. The van der Waals surface area contributed by atoms with Crippen molar-refractivity contribution in [1.29, 1.82) is 0 Å². The van der Waals surface area contributed by atoms with Crippen LogP contribution < -0.4 is 0 Å². The molecule has 6 nitrogen and oxygen atoms in total. The summed E-state index contributed by atoms with van der Waals surface area (Å²) in [5.41, 5.74) is 4.95. The first-order valence-electron chi connectivity index (χ1n) is 10.3. The summed E-state index contributed by atoms with van der Waals surface area (Å²) in [6.45, 7) is 0. The second kappa shape index (κ2) is 6.87. The van der Waals surface area contributed by atoms with E-state index in [2.05, 4.69) is 39.2 Å². The number of aromatic nitrogens is 4. The van der Waals surface area contributed by atoms with Gasteiger partial charge in [-0.05, 0) is 54.3 Å². The third-order valence-electron chi connectivity index (χ3n) is 6.29. The van der Waals surface area contributed by atoms with Gasteiger partial charge in [0.1, 0.15) is 0 Å². The Bertz CT molecular complexity index is 1540. The summed E-state index contributed by atoms with van der Waals surface area (Å²) in [5.74, 6) is -0.418. The number of aromatic carboxylic acids is 1. The lowest BCUT2D eigenvalue weighted by atomic mass is 9.91. The van der Waals surface area contributed by atoms with Crippen molar-refractivity contribution < 1.29 is 9.90 Å². The number of hydrogen-bond acceptors (Lipinski definition) is 4. The van der Waals surface area contributed by atoms with E-state index in [1.54, 1.807) is 18.3 Å². The third-order valence-corrected chi connectivity index (χ3v) is 6.61. The van der Waals surface area contributed by atoms with Crippen LogP contribution in [0.3, 0.4) is 0 Å². The number of imidazole rings is 1. The van der Waals surface area contributed by atoms with Gasteiger partial charge in [-0.15, -0.1) is 0 Å². The topological polar surface area (TPSA) is 80.4 Å². The molecule has 3 heterocycles. The molecular weight excluding hydrogens is 424 g/mol. The fraction of sp³-hybridized carbons (Fsp3) is 0.120. The van der Waals surface area contributed by atoms with Gasteiger partial charge < -0.3 is 5.11 Å². The summed E-state index contributed by atoms with van der Waals surface area (Å²) in [6.07, 6.45) is 9.53. The molecule has 1 N–H and O–H groups in total. The molecule has 0 spiro atoms. The van der Waals surface area contributed by atoms with E-state index in [0.717, 1.165) is 40.6 Å². The Balaban J connectivity index is 1.46. The molecule has 3 aromatic heterocycles. The molecule has 7 heteroatoms. The van der Waals surface area contributed by atoms with Crippen molar-refractivity contribution in [3.63, 3.8) is 0 Å². The summed E-state index contributed by atoms with van der Waals surface area (Å²) in [5, 5.41) is 10.6. The smallest absolute Gasteiger partial charge is 0.337 e. The highest BCUT2D eigenvalue weighted by Gasteiger charge is 2.48. The molecule has 1 aliphatic rings. The first-order chi connectivity index (χ1) is 15.5. The second-order valence-corrected chi connectivity index (χ2v) is 8.56. The van der Waals surface area contributed by atoms with Gasteiger partial charge >= 0.3 is 5.97 Å². The molecule has 0 saturated heterocycles. The Kier molecular flexibility index (Phi) is 4.07. The van der Waals surface area contributed by atoms with Gasteiger partial charge in [0.15, 0.2) is 0 Å². The van der Waals surface area contributed by atoms with E-state index in [0.29, 0.717) is 5.78 Å². The van der Waals surface area contributed by atoms with Gasteiger partial charge in [-0.2, -0.15) is 0 Å². The standard InChI is InChI=1S/C25H17ClN4O2/c26-20-11-15(3-5-19(20)23(31)32)17-12-28-24-29-13-22(30(24)14-17)25(7-8-25)18-4-6-21-16(10-18)2-1-9-27-21/h1-6,9-14H,7-8H2,(H,31,32). The van der Waals surface area contributed by atoms with Gasteiger partial charge in [-0.3, -0.25) is 9.38 Å². The van der Waals surface area contributed by atoms with Crippen molar-refractivity contribution in [1.82, 2.24) is 19.4 Å². The van der Waals surface area contributed by atoms with Gasteiger partial charge in [0.05, 0.1) is 28.0 Å². The first-order valence-corrected chi connectivity index (χ1v) is 10.7. The highest BCUT2D eigenvalue weighted by Crippen LogP contribution is 2.53. The number of carbonyl (C=O) groups is 1. The average molecular weight is 441 g/mol. The fourth-order valence-electron chi connectivity index (χ4n) is 4.44. The van der Waals surface area contributed by atoms with Crippen LogP contribution in [0.1, 0.15) is 34.5 Å². The molecule has 0 radical (unpaired) electrons. The van der Waals surface area contributed by atoms with Gasteiger partial charge in [0.2, 0.25) is 5.78 Å². The SMILES string of the molecule is O=C(O)c1ccc(-c2cnc3ncc(C4(c5ccc6ncccc6c5)CC4)n3c2)cc1Cl. The minimum atomic E-state index is -1.05. The maximum atomic E-state index is 11.3. The molecule has 0 bridgehead atoms. The van der Waals surface area contributed by atoms with Gasteiger partial charge in [-0.1, -0.05) is 29.8 Å². The fourth-order valence-corrected chi connectivity index (χ4v) is 4.70. The zero-order valence-electron chi connectivity index (χ0n) is 16.9. The molecule has 6 rings (SSSR count). The molecule has 1 aliphatic carbocycles. The number of pyridine rings is 1. The molecule has 1 fully saturated rings. The molecule has 0 amide bonds. The first kappa shape index (κ1) is 19.0. The number of nitrogens with zero attached hydrogens (tertiary/aromatic N) is 4. The van der Waals surface area contributed by atoms with Crippen LogP contribution in [0.5, 0.6) is 0 Å². The largest absolute Gasteiger partial charge is 0.478 e. The summed E-state index contributed by atoms with van der Waals surface area (Å²) < 4.78 is 2.04. The lowest BCUT2D eigenvalue weighted by Crippen LogP contribution is -2.12. The minimum absolute atomic E-state index is 0.0792. The van der Waals surface area contributed by atoms with Crippen molar-refractivity contribution >= 4 is 34.3 Å². The Labute approximate surface area is 188 Å². The van der Waals surface area contributed by atoms with E-state index < -0.39 is 5.97 Å². The molecule has 156 valence electrons. The third kappa shape index (κ3) is 2.87. The van der Waals surface area contributed by atoms with Crippen LogP contribution in [0.2, 0.25) is 5.02 Å². The summed E-state index contributed by atoms with van der Waals surface area (Å²) >= 11 is 6.19. The normalized spacial score (nSPS) is 14.7. The van der Waals surface area contributed by atoms with Crippen molar-refractivity contribution in [2.75, 3.05) is 0 Å². The van der Waals surface area contributed by atoms with E-state index in [-0.39, 0.29) is 16.0 Å². The number of halogens is 1.